The second kappa shape index (κ2) is 10.7. The largest absolute Gasteiger partial charge is 0.443 e. The molecule has 4 rings (SSSR count). The van der Waals surface area contributed by atoms with E-state index in [1.807, 2.05) is 0 Å². The van der Waals surface area contributed by atoms with Gasteiger partial charge in [-0.25, -0.2) is 4.79 Å². The minimum Gasteiger partial charge on any atom is -0.443 e. The number of hydrogen-bond donors (Lipinski definition) is 3. The molecule has 0 aromatic rings. The third kappa shape index (κ3) is 6.01. The number of carbonyl (C=O) groups excluding carboxylic acids is 2. The fourth-order valence-corrected chi connectivity index (χ4v) is 6.23. The third-order valence-electron chi connectivity index (χ3n) is 8.25. The van der Waals surface area contributed by atoms with Crippen LogP contribution >= 0.6 is 0 Å². The van der Waals surface area contributed by atoms with Crippen LogP contribution in [0.3, 0.4) is 0 Å². The first-order valence-corrected chi connectivity index (χ1v) is 13.1. The van der Waals surface area contributed by atoms with Gasteiger partial charge in [0.05, 0.1) is 25.2 Å². The van der Waals surface area contributed by atoms with E-state index in [0.717, 1.165) is 38.5 Å². The normalized spacial score (nSPS) is 40.0. The van der Waals surface area contributed by atoms with Gasteiger partial charge in [-0.15, -0.1) is 0 Å². The lowest BCUT2D eigenvalue weighted by atomic mass is 9.68. The van der Waals surface area contributed by atoms with Crippen molar-refractivity contribution in [3.8, 4) is 0 Å². The van der Waals surface area contributed by atoms with Crippen LogP contribution < -0.4 is 16.0 Å². The molecular weight excluding hydrogens is 450 g/mol. The molecule has 2 amide bonds. The van der Waals surface area contributed by atoms with Crippen molar-refractivity contribution in [2.45, 2.75) is 107 Å². The molecule has 9 heteroatoms. The van der Waals surface area contributed by atoms with Crippen LogP contribution in [0.4, 0.5) is 4.79 Å². The topological polar surface area (TPSA) is 114 Å². The number of methoxy groups -OCH3 is 1. The van der Waals surface area contributed by atoms with Gasteiger partial charge in [0, 0.05) is 19.2 Å². The van der Waals surface area contributed by atoms with Crippen molar-refractivity contribution in [1.29, 1.82) is 0 Å². The van der Waals surface area contributed by atoms with Crippen molar-refractivity contribution in [3.63, 3.8) is 0 Å². The van der Waals surface area contributed by atoms with E-state index in [1.54, 1.807) is 14.2 Å². The van der Waals surface area contributed by atoms with Gasteiger partial charge in [0.2, 0.25) is 5.91 Å². The highest BCUT2D eigenvalue weighted by molar-refractivity contribution is 5.78. The molecule has 4 aliphatic rings. The molecule has 2 aliphatic heterocycles. The molecule has 6 atom stereocenters. The van der Waals surface area contributed by atoms with Gasteiger partial charge in [0.25, 0.3) is 0 Å². The van der Waals surface area contributed by atoms with Crippen LogP contribution in [0, 0.1) is 5.92 Å². The van der Waals surface area contributed by atoms with Crippen molar-refractivity contribution in [2.75, 3.05) is 27.3 Å². The number of ether oxygens (including phenoxy) is 4. The molecule has 35 heavy (non-hydrogen) atoms. The monoisotopic (exact) mass is 493 g/mol. The molecule has 0 bridgehead atoms. The molecule has 198 valence electrons. The van der Waals surface area contributed by atoms with E-state index < -0.39 is 6.09 Å². The summed E-state index contributed by atoms with van der Waals surface area (Å²) in [5, 5.41) is 8.95. The van der Waals surface area contributed by atoms with Gasteiger partial charge < -0.3 is 34.9 Å². The van der Waals surface area contributed by atoms with Gasteiger partial charge in [0.1, 0.15) is 23.4 Å². The van der Waals surface area contributed by atoms with Crippen LogP contribution in [0.2, 0.25) is 0 Å². The smallest absolute Gasteiger partial charge is 0.407 e. The summed E-state index contributed by atoms with van der Waals surface area (Å²) in [6.07, 6.45) is 7.04. The standard InChI is InChI=1S/C26H43N3O6/c1-16(2)6-11-20-25(3,35-20)23-22(32-5)19(12-13-26(23)15-33-26)34-24(31)29-18-9-7-17(8-10-18)28-21(30)14-27-4/h6,17-20,22-23,27H,7-15H2,1-5H3,(H,28,30)(H,29,31)/t17?,18?,19?,20-,22?,23?,25-,26+/m1/s1. The maximum atomic E-state index is 12.8. The van der Waals surface area contributed by atoms with Crippen molar-refractivity contribution >= 4 is 12.0 Å². The second-order valence-electron chi connectivity index (χ2n) is 11.1. The van der Waals surface area contributed by atoms with Gasteiger partial charge >= 0.3 is 6.09 Å². The quantitative estimate of drug-likeness (QED) is 0.334. The Morgan fingerprint density at radius 3 is 2.31 bits per heavy atom. The highest BCUT2D eigenvalue weighted by Crippen LogP contribution is 2.59. The molecule has 3 N–H and O–H groups in total. The molecule has 2 heterocycles. The SMILES string of the molecule is CNCC(=O)NC1CCC(NC(=O)OC2CC[C@]3(CO3)C([C@]3(C)O[C@@H]3CC=C(C)C)C2OC)CC1. The van der Waals surface area contributed by atoms with Crippen molar-refractivity contribution < 1.29 is 28.5 Å². The van der Waals surface area contributed by atoms with E-state index in [4.69, 9.17) is 18.9 Å². The lowest BCUT2D eigenvalue weighted by Gasteiger charge is -2.42. The predicted molar refractivity (Wildman–Crippen MR) is 131 cm³/mol. The molecule has 1 spiro atoms. The van der Waals surface area contributed by atoms with Gasteiger partial charge in [-0.1, -0.05) is 11.6 Å². The number of nitrogens with one attached hydrogen (secondary N) is 3. The summed E-state index contributed by atoms with van der Waals surface area (Å²) < 4.78 is 24.1. The van der Waals surface area contributed by atoms with E-state index in [-0.39, 0.29) is 53.4 Å². The van der Waals surface area contributed by atoms with E-state index in [9.17, 15) is 9.59 Å². The van der Waals surface area contributed by atoms with Crippen molar-refractivity contribution in [1.82, 2.24) is 16.0 Å². The summed E-state index contributed by atoms with van der Waals surface area (Å²) in [6.45, 7) is 7.36. The molecule has 9 nitrogen and oxygen atoms in total. The Hall–Kier alpha value is -1.68. The van der Waals surface area contributed by atoms with Crippen LogP contribution in [0.15, 0.2) is 11.6 Å². The fraction of sp³-hybridized carbons (Fsp3) is 0.846. The lowest BCUT2D eigenvalue weighted by Crippen LogP contribution is -2.56. The first-order chi connectivity index (χ1) is 16.7. The average molecular weight is 494 g/mol. The predicted octanol–water partition coefficient (Wildman–Crippen LogP) is 2.44. The lowest BCUT2D eigenvalue weighted by molar-refractivity contribution is -0.121. The number of likely N-dealkylation sites (N-methyl/N-ethyl adjacent to an activating group) is 1. The number of allylic oxidation sites excluding steroid dienone is 1. The Labute approximate surface area is 209 Å². The number of amides is 2. The Kier molecular flexibility index (Phi) is 8.10. The summed E-state index contributed by atoms with van der Waals surface area (Å²) in [5.74, 6) is 0.0217. The number of alkyl carbamates (subject to hydrolysis) is 1. The number of rotatable bonds is 9. The second-order valence-corrected chi connectivity index (χ2v) is 11.1. The van der Waals surface area contributed by atoms with E-state index in [0.29, 0.717) is 19.6 Å². The van der Waals surface area contributed by atoms with Crippen LogP contribution in [0.5, 0.6) is 0 Å². The summed E-state index contributed by atoms with van der Waals surface area (Å²) in [7, 11) is 3.45. The minimum absolute atomic E-state index is 0.00891. The van der Waals surface area contributed by atoms with E-state index >= 15 is 0 Å². The summed E-state index contributed by atoms with van der Waals surface area (Å²) in [6, 6.07) is 0.214. The van der Waals surface area contributed by atoms with Crippen LogP contribution in [-0.2, 0) is 23.7 Å². The van der Waals surface area contributed by atoms with Gasteiger partial charge in [-0.3, -0.25) is 4.79 Å². The summed E-state index contributed by atoms with van der Waals surface area (Å²) in [4.78, 5) is 24.6. The average Bonchev–Trinajstić information content (AvgIpc) is 3.72. The third-order valence-corrected chi connectivity index (χ3v) is 8.25. The maximum absolute atomic E-state index is 12.8. The minimum atomic E-state index is -0.394. The molecule has 0 aromatic carbocycles. The molecule has 2 saturated carbocycles. The molecule has 2 aliphatic carbocycles. The molecular formula is C26H43N3O6. The molecule has 2 saturated heterocycles. The molecule has 0 radical (unpaired) electrons. The van der Waals surface area contributed by atoms with Gasteiger partial charge in [0.15, 0.2) is 0 Å². The Balaban J connectivity index is 1.30. The first-order valence-electron chi connectivity index (χ1n) is 13.1. The van der Waals surface area contributed by atoms with E-state index in [2.05, 4.69) is 42.8 Å². The van der Waals surface area contributed by atoms with E-state index in [1.165, 1.54) is 5.57 Å². The highest BCUT2D eigenvalue weighted by Gasteiger charge is 2.72. The molecule has 0 aromatic heterocycles. The number of epoxide rings is 2. The molecule has 3 unspecified atom stereocenters. The Morgan fingerprint density at radius 1 is 1.09 bits per heavy atom. The zero-order chi connectivity index (χ0) is 25.2. The maximum Gasteiger partial charge on any atom is 0.407 e. The Bertz CT molecular complexity index is 803. The van der Waals surface area contributed by atoms with Crippen LogP contribution in [-0.4, -0.2) is 80.9 Å². The zero-order valence-electron chi connectivity index (χ0n) is 21.9. The van der Waals surface area contributed by atoms with Gasteiger partial charge in [-0.2, -0.15) is 0 Å². The summed E-state index contributed by atoms with van der Waals surface area (Å²) >= 11 is 0. The Morgan fingerprint density at radius 2 is 1.74 bits per heavy atom. The summed E-state index contributed by atoms with van der Waals surface area (Å²) in [5.41, 5.74) is 0.693. The number of carbonyl (C=O) groups is 2. The van der Waals surface area contributed by atoms with Crippen molar-refractivity contribution in [3.05, 3.63) is 11.6 Å². The van der Waals surface area contributed by atoms with Gasteiger partial charge in [-0.05, 0) is 72.8 Å². The van der Waals surface area contributed by atoms with Crippen LogP contribution in [0.1, 0.15) is 65.7 Å². The fourth-order valence-electron chi connectivity index (χ4n) is 6.23. The highest BCUT2D eigenvalue weighted by atomic mass is 16.6. The van der Waals surface area contributed by atoms with Crippen molar-refractivity contribution in [2.24, 2.45) is 5.92 Å². The first kappa shape index (κ1) is 26.4. The molecule has 4 fully saturated rings. The van der Waals surface area contributed by atoms with Crippen LogP contribution in [0.25, 0.3) is 0 Å². The zero-order valence-corrected chi connectivity index (χ0v) is 21.9. The number of hydrogen-bond acceptors (Lipinski definition) is 7.